The van der Waals surface area contributed by atoms with Gasteiger partial charge in [-0.05, 0) is 63.2 Å². The lowest BCUT2D eigenvalue weighted by atomic mass is 10.1. The number of hydrogen-bond donors (Lipinski definition) is 3. The van der Waals surface area contributed by atoms with Gasteiger partial charge in [0.05, 0.1) is 13.1 Å². The van der Waals surface area contributed by atoms with Gasteiger partial charge in [0.2, 0.25) is 11.8 Å². The summed E-state index contributed by atoms with van der Waals surface area (Å²) in [4.78, 5) is 37.8. The van der Waals surface area contributed by atoms with E-state index in [0.717, 1.165) is 21.2 Å². The van der Waals surface area contributed by atoms with Gasteiger partial charge in [0, 0.05) is 15.8 Å². The molecule has 0 unspecified atom stereocenters. The van der Waals surface area contributed by atoms with Crippen LogP contribution in [0, 0.1) is 20.8 Å². The van der Waals surface area contributed by atoms with Crippen LogP contribution in [0.4, 0.5) is 16.2 Å². The van der Waals surface area contributed by atoms with Crippen molar-refractivity contribution in [1.82, 2.24) is 10.2 Å². The number of urea groups is 1. The van der Waals surface area contributed by atoms with Crippen LogP contribution in [0.25, 0.3) is 0 Å². The zero-order valence-electron chi connectivity index (χ0n) is 16.9. The molecule has 0 radical (unpaired) electrons. The van der Waals surface area contributed by atoms with Gasteiger partial charge in [0.25, 0.3) is 0 Å². The molecule has 3 N–H and O–H groups in total. The summed E-state index contributed by atoms with van der Waals surface area (Å²) in [5.74, 6) is -0.743. The number of imide groups is 1. The zero-order valence-corrected chi connectivity index (χ0v) is 18.5. The van der Waals surface area contributed by atoms with Crippen molar-refractivity contribution in [3.05, 3.63) is 57.6 Å². The van der Waals surface area contributed by atoms with E-state index in [1.54, 1.807) is 19.2 Å². The molecule has 0 saturated carbocycles. The van der Waals surface area contributed by atoms with Crippen molar-refractivity contribution < 1.29 is 14.4 Å². The molecule has 0 bridgehead atoms. The minimum absolute atomic E-state index is 0.0155. The smallest absolute Gasteiger partial charge is 0.325 e. The fourth-order valence-electron chi connectivity index (χ4n) is 2.78. The Kier molecular flexibility index (Phi) is 7.92. The minimum Gasteiger partial charge on any atom is -0.325 e. The van der Waals surface area contributed by atoms with Crippen molar-refractivity contribution >= 4 is 45.2 Å². The molecule has 0 spiro atoms. The number of nitrogens with zero attached hydrogens (tertiary/aromatic N) is 1. The van der Waals surface area contributed by atoms with Crippen LogP contribution >= 0.6 is 15.9 Å². The highest BCUT2D eigenvalue weighted by Gasteiger charge is 2.14. The van der Waals surface area contributed by atoms with Crippen LogP contribution in [0.15, 0.2) is 40.9 Å². The predicted octanol–water partition coefficient (Wildman–Crippen LogP) is 3.59. The molecule has 4 amide bonds. The van der Waals surface area contributed by atoms with E-state index < -0.39 is 11.9 Å². The van der Waals surface area contributed by atoms with E-state index in [1.165, 1.54) is 4.90 Å². The molecule has 7 nitrogen and oxygen atoms in total. The first-order valence-electron chi connectivity index (χ1n) is 9.06. The van der Waals surface area contributed by atoms with E-state index in [9.17, 15) is 14.4 Å². The summed E-state index contributed by atoms with van der Waals surface area (Å²) in [5, 5.41) is 7.74. The van der Waals surface area contributed by atoms with Crippen LogP contribution in [-0.4, -0.2) is 42.9 Å². The van der Waals surface area contributed by atoms with Crippen LogP contribution in [0.3, 0.4) is 0 Å². The Bertz CT molecular complexity index is 930. The summed E-state index contributed by atoms with van der Waals surface area (Å²) in [6, 6.07) is 10.6. The van der Waals surface area contributed by atoms with Gasteiger partial charge < -0.3 is 10.6 Å². The highest BCUT2D eigenvalue weighted by Crippen LogP contribution is 2.20. The number of halogens is 1. The molecule has 0 aliphatic carbocycles. The van der Waals surface area contributed by atoms with E-state index in [1.807, 2.05) is 45.0 Å². The number of carbonyl (C=O) groups is 3. The Morgan fingerprint density at radius 2 is 1.45 bits per heavy atom. The third kappa shape index (κ3) is 7.32. The standard InChI is InChI=1S/C21H25BrN4O3/c1-13-5-7-18(14(2)9-13)24-21(29)25-20(28)12-26(4)11-19(27)23-17-8-6-16(22)10-15(17)3/h5-10H,11-12H2,1-4H3,(H,23,27)(H2,24,25,28,29). The topological polar surface area (TPSA) is 90.5 Å². The number of aryl methyl sites for hydroxylation is 3. The number of benzene rings is 2. The molecule has 0 fully saturated rings. The van der Waals surface area contributed by atoms with Crippen molar-refractivity contribution in [1.29, 1.82) is 0 Å². The summed E-state index contributed by atoms with van der Waals surface area (Å²) in [7, 11) is 1.63. The lowest BCUT2D eigenvalue weighted by Crippen LogP contribution is -2.42. The maximum atomic E-state index is 12.2. The van der Waals surface area contributed by atoms with Crippen LogP contribution in [0.2, 0.25) is 0 Å². The molecule has 2 aromatic rings. The SMILES string of the molecule is Cc1ccc(NC(=O)NC(=O)CN(C)CC(=O)Nc2ccc(Br)cc2C)c(C)c1. The number of rotatable bonds is 6. The largest absolute Gasteiger partial charge is 0.325 e. The Labute approximate surface area is 179 Å². The van der Waals surface area contributed by atoms with Crippen LogP contribution < -0.4 is 16.0 Å². The maximum Gasteiger partial charge on any atom is 0.325 e. The number of amides is 4. The first-order valence-corrected chi connectivity index (χ1v) is 9.86. The molecular formula is C21H25BrN4O3. The van der Waals surface area contributed by atoms with Crippen molar-refractivity contribution in [3.63, 3.8) is 0 Å². The molecule has 0 aliphatic rings. The fraction of sp³-hybridized carbons (Fsp3) is 0.286. The zero-order chi connectivity index (χ0) is 21.6. The Hall–Kier alpha value is -2.71. The van der Waals surface area contributed by atoms with E-state index >= 15 is 0 Å². The summed E-state index contributed by atoms with van der Waals surface area (Å²) >= 11 is 3.38. The highest BCUT2D eigenvalue weighted by molar-refractivity contribution is 9.10. The molecule has 0 aliphatic heterocycles. The predicted molar refractivity (Wildman–Crippen MR) is 118 cm³/mol. The van der Waals surface area contributed by atoms with Gasteiger partial charge in [0.1, 0.15) is 0 Å². The molecule has 29 heavy (non-hydrogen) atoms. The number of hydrogen-bond acceptors (Lipinski definition) is 4. The lowest BCUT2D eigenvalue weighted by molar-refractivity contribution is -0.122. The molecule has 154 valence electrons. The van der Waals surface area contributed by atoms with Gasteiger partial charge in [-0.25, -0.2) is 4.79 Å². The Balaban J connectivity index is 1.80. The molecule has 0 saturated heterocycles. The summed E-state index contributed by atoms with van der Waals surface area (Å²) in [6.45, 7) is 5.66. The number of nitrogens with one attached hydrogen (secondary N) is 3. The van der Waals surface area contributed by atoms with Crippen molar-refractivity contribution in [2.24, 2.45) is 0 Å². The van der Waals surface area contributed by atoms with Gasteiger partial charge in [-0.15, -0.1) is 0 Å². The lowest BCUT2D eigenvalue weighted by Gasteiger charge is -2.17. The van der Waals surface area contributed by atoms with Gasteiger partial charge in [-0.3, -0.25) is 19.8 Å². The number of anilines is 2. The summed E-state index contributed by atoms with van der Waals surface area (Å²) in [6.07, 6.45) is 0. The second-order valence-electron chi connectivity index (χ2n) is 7.00. The third-order valence-corrected chi connectivity index (χ3v) is 4.67. The average molecular weight is 461 g/mol. The van der Waals surface area contributed by atoms with Crippen molar-refractivity contribution in [2.45, 2.75) is 20.8 Å². The number of carbonyl (C=O) groups excluding carboxylic acids is 3. The van der Waals surface area contributed by atoms with Gasteiger partial charge in [0.15, 0.2) is 0 Å². The first kappa shape index (κ1) is 22.6. The molecule has 2 aromatic carbocycles. The second kappa shape index (κ2) is 10.2. The Morgan fingerprint density at radius 3 is 2.10 bits per heavy atom. The molecule has 8 heteroatoms. The Morgan fingerprint density at radius 1 is 0.862 bits per heavy atom. The van der Waals surface area contributed by atoms with E-state index in [0.29, 0.717) is 11.4 Å². The minimum atomic E-state index is -0.606. The highest BCUT2D eigenvalue weighted by atomic mass is 79.9. The maximum absolute atomic E-state index is 12.2. The summed E-state index contributed by atoms with van der Waals surface area (Å²) < 4.78 is 0.931. The van der Waals surface area contributed by atoms with E-state index in [4.69, 9.17) is 0 Å². The second-order valence-corrected chi connectivity index (χ2v) is 7.92. The number of likely N-dealkylation sites (N-methyl/N-ethyl adjacent to an activating group) is 1. The first-order chi connectivity index (χ1) is 13.6. The quantitative estimate of drug-likeness (QED) is 0.614. The normalized spacial score (nSPS) is 10.6. The van der Waals surface area contributed by atoms with E-state index in [-0.39, 0.29) is 19.0 Å². The van der Waals surface area contributed by atoms with Crippen LogP contribution in [-0.2, 0) is 9.59 Å². The molecule has 0 heterocycles. The third-order valence-electron chi connectivity index (χ3n) is 4.17. The monoisotopic (exact) mass is 460 g/mol. The molecular weight excluding hydrogens is 436 g/mol. The van der Waals surface area contributed by atoms with Gasteiger partial charge in [-0.2, -0.15) is 0 Å². The fourth-order valence-corrected chi connectivity index (χ4v) is 3.25. The molecule has 0 atom stereocenters. The molecule has 0 aromatic heterocycles. The van der Waals surface area contributed by atoms with Crippen molar-refractivity contribution in [3.8, 4) is 0 Å². The van der Waals surface area contributed by atoms with Crippen molar-refractivity contribution in [2.75, 3.05) is 30.8 Å². The van der Waals surface area contributed by atoms with Crippen LogP contribution in [0.1, 0.15) is 16.7 Å². The van der Waals surface area contributed by atoms with Gasteiger partial charge >= 0.3 is 6.03 Å². The van der Waals surface area contributed by atoms with Crippen LogP contribution in [0.5, 0.6) is 0 Å². The summed E-state index contributed by atoms with van der Waals surface area (Å²) in [5.41, 5.74) is 4.27. The average Bonchev–Trinajstić information content (AvgIpc) is 2.59. The van der Waals surface area contributed by atoms with E-state index in [2.05, 4.69) is 31.9 Å². The van der Waals surface area contributed by atoms with Gasteiger partial charge in [-0.1, -0.05) is 33.6 Å². The molecule has 2 rings (SSSR count).